The predicted molar refractivity (Wildman–Crippen MR) is 201 cm³/mol. The van der Waals surface area contributed by atoms with Gasteiger partial charge >= 0.3 is 0 Å². The van der Waals surface area contributed by atoms with Gasteiger partial charge in [0.05, 0.1) is 25.3 Å². The van der Waals surface area contributed by atoms with Gasteiger partial charge in [-0.05, 0) is 84.6 Å². The number of fused-ring (bicyclic) bond motifs is 1. The highest BCUT2D eigenvalue weighted by Crippen LogP contribution is 2.35. The molecule has 0 spiro atoms. The van der Waals surface area contributed by atoms with Crippen LogP contribution in [0.15, 0.2) is 97.1 Å². The van der Waals surface area contributed by atoms with Crippen molar-refractivity contribution in [1.29, 1.82) is 0 Å². The summed E-state index contributed by atoms with van der Waals surface area (Å²) in [5.41, 5.74) is 13.8. The van der Waals surface area contributed by atoms with Gasteiger partial charge in [0.1, 0.15) is 5.75 Å². The number of halogens is 1. The molecule has 4 aromatic carbocycles. The number of carbonyl (C=O) groups excluding carboxylic acids is 2. The van der Waals surface area contributed by atoms with Crippen molar-refractivity contribution in [3.05, 3.63) is 136 Å². The molecule has 1 aromatic heterocycles. The zero-order valence-electron chi connectivity index (χ0n) is 28.9. The van der Waals surface area contributed by atoms with E-state index in [1.165, 1.54) is 5.56 Å². The number of nitrogens with two attached hydrogens (primary N) is 1. The smallest absolute Gasteiger partial charge is 0.260 e. The van der Waals surface area contributed by atoms with Gasteiger partial charge in [0.25, 0.3) is 11.8 Å². The number of nitrogen functional groups attached to an aromatic ring is 1. The van der Waals surface area contributed by atoms with Gasteiger partial charge in [-0.1, -0.05) is 54.1 Å². The number of amides is 2. The fourth-order valence-electron chi connectivity index (χ4n) is 7.22. The van der Waals surface area contributed by atoms with Gasteiger partial charge < -0.3 is 29.9 Å². The Bertz CT molecular complexity index is 2070. The Morgan fingerprint density at radius 1 is 0.922 bits per heavy atom. The van der Waals surface area contributed by atoms with Crippen LogP contribution < -0.4 is 10.6 Å². The van der Waals surface area contributed by atoms with Gasteiger partial charge in [-0.2, -0.15) is 0 Å². The molecule has 2 amide bonds. The first-order valence-electron chi connectivity index (χ1n) is 17.3. The summed E-state index contributed by atoms with van der Waals surface area (Å²) in [6.07, 6.45) is 0.767. The van der Waals surface area contributed by atoms with Crippen LogP contribution in [0.4, 0.5) is 11.4 Å². The molecule has 1 saturated heterocycles. The number of para-hydroxylation sites is 1. The van der Waals surface area contributed by atoms with Crippen molar-refractivity contribution in [2.45, 2.75) is 32.5 Å². The van der Waals surface area contributed by atoms with Crippen LogP contribution in [0, 0.1) is 6.92 Å². The first-order chi connectivity index (χ1) is 24.7. The molecule has 3 N–H and O–H groups in total. The quantitative estimate of drug-likeness (QED) is 0.175. The van der Waals surface area contributed by atoms with Gasteiger partial charge in [-0.15, -0.1) is 0 Å². The molecule has 5 aromatic rings. The Kier molecular flexibility index (Phi) is 9.86. The third kappa shape index (κ3) is 7.10. The fourth-order valence-corrected chi connectivity index (χ4v) is 7.39. The summed E-state index contributed by atoms with van der Waals surface area (Å²) in [5, 5.41) is 10.5. The second-order valence-electron chi connectivity index (χ2n) is 13.4. The lowest BCUT2D eigenvalue weighted by atomic mass is 9.92. The molecule has 3 heterocycles. The van der Waals surface area contributed by atoms with Crippen molar-refractivity contribution >= 4 is 34.8 Å². The number of aromatic hydroxyl groups is 1. The van der Waals surface area contributed by atoms with Crippen LogP contribution >= 0.6 is 11.6 Å². The van der Waals surface area contributed by atoms with Crippen LogP contribution in [0.25, 0.3) is 11.3 Å². The van der Waals surface area contributed by atoms with E-state index in [2.05, 4.69) is 23.1 Å². The molecule has 0 aliphatic carbocycles. The average Bonchev–Trinajstić information content (AvgIpc) is 3.44. The number of nitrogens with zero attached hydrogens (tertiary/aromatic N) is 4. The number of rotatable bonds is 8. The van der Waals surface area contributed by atoms with Gasteiger partial charge in [0, 0.05) is 78.2 Å². The molecular weight excluding hydrogens is 662 g/mol. The van der Waals surface area contributed by atoms with Crippen LogP contribution in [0.1, 0.15) is 43.1 Å². The van der Waals surface area contributed by atoms with Crippen molar-refractivity contribution < 1.29 is 19.4 Å². The molecule has 9 nitrogen and oxygen atoms in total. The standard InChI is InChI=1S/C41H42ClN5O4/c1-27-36(41(50)46(32-12-14-34(48)15-13-32)25-30-9-5-6-10-38(30)43)23-39(44(27)2)37-22-31(42)11-16-35(37)40(49)47-24-29-8-4-3-7-28(29)21-33(47)26-45-17-19-51-20-18-45/h3-16,22-23,33,48H,17-21,24-26,43H2,1-2H3/t33-/m0/s1. The molecule has 1 atom stereocenters. The van der Waals surface area contributed by atoms with E-state index in [0.717, 1.165) is 42.9 Å². The van der Waals surface area contributed by atoms with Crippen LogP contribution in [0.2, 0.25) is 5.02 Å². The molecule has 10 heteroatoms. The number of benzene rings is 4. The summed E-state index contributed by atoms with van der Waals surface area (Å²) in [7, 11) is 1.90. The molecular formula is C41H42ClN5O4. The van der Waals surface area contributed by atoms with E-state index in [0.29, 0.717) is 58.5 Å². The number of carbonyl (C=O) groups is 2. The summed E-state index contributed by atoms with van der Waals surface area (Å²) in [6.45, 7) is 6.44. The molecule has 2 aliphatic heterocycles. The van der Waals surface area contributed by atoms with E-state index in [4.69, 9.17) is 22.1 Å². The first-order valence-corrected chi connectivity index (χ1v) is 17.6. The largest absolute Gasteiger partial charge is 0.508 e. The maximum Gasteiger partial charge on any atom is 0.260 e. The molecule has 0 unspecified atom stereocenters. The maximum atomic E-state index is 14.8. The van der Waals surface area contributed by atoms with Gasteiger partial charge in [0.2, 0.25) is 0 Å². The molecule has 7 rings (SSSR count). The second kappa shape index (κ2) is 14.6. The van der Waals surface area contributed by atoms with Crippen LogP contribution in [0.5, 0.6) is 5.75 Å². The highest BCUT2D eigenvalue weighted by Gasteiger charge is 2.34. The Morgan fingerprint density at radius 2 is 1.63 bits per heavy atom. The Labute approximate surface area is 303 Å². The number of morpholine rings is 1. The zero-order valence-corrected chi connectivity index (χ0v) is 29.6. The lowest BCUT2D eigenvalue weighted by Crippen LogP contribution is -2.52. The monoisotopic (exact) mass is 703 g/mol. The van der Waals surface area contributed by atoms with Crippen molar-refractivity contribution in [2.24, 2.45) is 7.05 Å². The topological polar surface area (TPSA) is 104 Å². The van der Waals surface area contributed by atoms with E-state index in [9.17, 15) is 14.7 Å². The van der Waals surface area contributed by atoms with Crippen LogP contribution in [-0.4, -0.2) is 70.2 Å². The number of aromatic nitrogens is 1. The molecule has 51 heavy (non-hydrogen) atoms. The summed E-state index contributed by atoms with van der Waals surface area (Å²) in [5.74, 6) is -0.214. The van der Waals surface area contributed by atoms with Crippen molar-refractivity contribution in [3.63, 3.8) is 0 Å². The van der Waals surface area contributed by atoms with Gasteiger partial charge in [-0.25, -0.2) is 0 Å². The number of phenolic OH excluding ortho intramolecular Hbond substituents is 1. The van der Waals surface area contributed by atoms with E-state index in [1.54, 1.807) is 41.3 Å². The number of hydrogen-bond donors (Lipinski definition) is 2. The third-order valence-corrected chi connectivity index (χ3v) is 10.5. The zero-order chi connectivity index (χ0) is 35.6. The lowest BCUT2D eigenvalue weighted by molar-refractivity contribution is 0.0193. The molecule has 0 radical (unpaired) electrons. The van der Waals surface area contributed by atoms with Crippen molar-refractivity contribution in [1.82, 2.24) is 14.4 Å². The van der Waals surface area contributed by atoms with Crippen LogP contribution in [0.3, 0.4) is 0 Å². The van der Waals surface area contributed by atoms with E-state index < -0.39 is 0 Å². The minimum absolute atomic E-state index is 0.0226. The van der Waals surface area contributed by atoms with E-state index >= 15 is 0 Å². The van der Waals surface area contributed by atoms with E-state index in [-0.39, 0.29) is 30.2 Å². The summed E-state index contributed by atoms with van der Waals surface area (Å²) in [6, 6.07) is 29.5. The molecule has 262 valence electrons. The van der Waals surface area contributed by atoms with Gasteiger partial charge in [-0.3, -0.25) is 14.5 Å². The second-order valence-corrected chi connectivity index (χ2v) is 13.8. The summed E-state index contributed by atoms with van der Waals surface area (Å²) in [4.78, 5) is 35.4. The summed E-state index contributed by atoms with van der Waals surface area (Å²) >= 11 is 6.63. The van der Waals surface area contributed by atoms with Gasteiger partial charge in [0.15, 0.2) is 0 Å². The first kappa shape index (κ1) is 34.4. The molecule has 0 saturated carbocycles. The average molecular weight is 704 g/mol. The minimum Gasteiger partial charge on any atom is -0.508 e. The SMILES string of the molecule is Cc1c(C(=O)N(Cc2ccccc2N)c2ccc(O)cc2)cc(-c2cc(Cl)ccc2C(=O)N2Cc3ccccc3C[C@H]2CN2CCOCC2)n1C. The highest BCUT2D eigenvalue weighted by molar-refractivity contribution is 6.31. The predicted octanol–water partition coefficient (Wildman–Crippen LogP) is 6.69. The van der Waals surface area contributed by atoms with Crippen molar-refractivity contribution in [3.8, 4) is 17.0 Å². The fraction of sp³-hybridized carbons (Fsp3) is 0.268. The Balaban J connectivity index is 1.26. The molecule has 2 aliphatic rings. The third-order valence-electron chi connectivity index (χ3n) is 10.2. The van der Waals surface area contributed by atoms with Crippen molar-refractivity contribution in [2.75, 3.05) is 43.5 Å². The number of phenols is 1. The number of hydrogen-bond acceptors (Lipinski definition) is 6. The minimum atomic E-state index is -0.239. The van der Waals surface area contributed by atoms with E-state index in [1.807, 2.05) is 65.9 Å². The molecule has 1 fully saturated rings. The summed E-state index contributed by atoms with van der Waals surface area (Å²) < 4.78 is 7.55. The lowest BCUT2D eigenvalue weighted by Gasteiger charge is -2.40. The number of ether oxygens (including phenoxy) is 1. The van der Waals surface area contributed by atoms with Crippen LogP contribution in [-0.2, 0) is 31.3 Å². The molecule has 0 bridgehead atoms. The maximum absolute atomic E-state index is 14.8. The number of anilines is 2. The Morgan fingerprint density at radius 3 is 2.37 bits per heavy atom. The Hall–Kier alpha value is -5.09. The normalized spacial score (nSPS) is 16.1. The highest BCUT2D eigenvalue weighted by atomic mass is 35.5.